The van der Waals surface area contributed by atoms with Crippen LogP contribution in [0.5, 0.6) is 0 Å². The SMILES string of the molecule is CC[C@H](NC(=O)C1CCN(Cc2cccc(Cl)c2)CC1)c1ccc2c(c1)CCCC2. The number of piperidine rings is 1. The van der Waals surface area contributed by atoms with Crippen LogP contribution in [0.15, 0.2) is 42.5 Å². The summed E-state index contributed by atoms with van der Waals surface area (Å²) in [7, 11) is 0. The molecule has 2 aliphatic rings. The van der Waals surface area contributed by atoms with Crippen LogP contribution < -0.4 is 5.32 Å². The number of rotatable bonds is 6. The lowest BCUT2D eigenvalue weighted by molar-refractivity contribution is -0.127. The third-order valence-corrected chi connectivity index (χ3v) is 6.99. The molecule has 1 atom stereocenters. The molecule has 2 aromatic rings. The summed E-state index contributed by atoms with van der Waals surface area (Å²) in [4.78, 5) is 15.4. The first-order valence-electron chi connectivity index (χ1n) is 11.5. The van der Waals surface area contributed by atoms with Crippen molar-refractivity contribution < 1.29 is 4.79 Å². The summed E-state index contributed by atoms with van der Waals surface area (Å²) < 4.78 is 0. The van der Waals surface area contributed by atoms with Crippen molar-refractivity contribution in [1.29, 1.82) is 0 Å². The van der Waals surface area contributed by atoms with Gasteiger partial charge in [-0.05, 0) is 92.4 Å². The van der Waals surface area contributed by atoms with E-state index in [1.54, 1.807) is 0 Å². The highest BCUT2D eigenvalue weighted by molar-refractivity contribution is 6.30. The first-order chi connectivity index (χ1) is 14.6. The Balaban J connectivity index is 1.31. The van der Waals surface area contributed by atoms with Crippen LogP contribution in [0, 0.1) is 5.92 Å². The van der Waals surface area contributed by atoms with Crippen molar-refractivity contribution in [2.45, 2.75) is 64.5 Å². The second-order valence-corrected chi connectivity index (χ2v) is 9.32. The van der Waals surface area contributed by atoms with Crippen molar-refractivity contribution in [3.05, 3.63) is 69.7 Å². The highest BCUT2D eigenvalue weighted by atomic mass is 35.5. The minimum atomic E-state index is 0.118. The molecular weight excluding hydrogens is 392 g/mol. The van der Waals surface area contributed by atoms with E-state index in [1.165, 1.54) is 47.9 Å². The smallest absolute Gasteiger partial charge is 0.223 e. The van der Waals surface area contributed by atoms with Crippen molar-refractivity contribution in [2.75, 3.05) is 13.1 Å². The van der Waals surface area contributed by atoms with Crippen molar-refractivity contribution in [3.63, 3.8) is 0 Å². The van der Waals surface area contributed by atoms with E-state index in [-0.39, 0.29) is 17.9 Å². The quantitative estimate of drug-likeness (QED) is 0.645. The zero-order valence-electron chi connectivity index (χ0n) is 18.0. The number of fused-ring (bicyclic) bond motifs is 1. The molecule has 0 bridgehead atoms. The molecule has 3 nitrogen and oxygen atoms in total. The monoisotopic (exact) mass is 424 g/mol. The average Bonchev–Trinajstić information content (AvgIpc) is 2.77. The highest BCUT2D eigenvalue weighted by Gasteiger charge is 2.27. The predicted molar refractivity (Wildman–Crippen MR) is 124 cm³/mol. The fourth-order valence-corrected chi connectivity index (χ4v) is 5.14. The summed E-state index contributed by atoms with van der Waals surface area (Å²) in [5.74, 6) is 0.342. The Labute approximate surface area is 185 Å². The van der Waals surface area contributed by atoms with Gasteiger partial charge in [0.15, 0.2) is 0 Å². The Kier molecular flexibility index (Phi) is 7.12. The van der Waals surface area contributed by atoms with Crippen LogP contribution in [0.1, 0.15) is 67.3 Å². The van der Waals surface area contributed by atoms with Gasteiger partial charge in [-0.2, -0.15) is 0 Å². The van der Waals surface area contributed by atoms with Gasteiger partial charge in [0.1, 0.15) is 0 Å². The molecule has 2 aromatic carbocycles. The molecule has 1 saturated heterocycles. The number of hydrogen-bond acceptors (Lipinski definition) is 2. The van der Waals surface area contributed by atoms with Crippen LogP contribution in [-0.4, -0.2) is 23.9 Å². The lowest BCUT2D eigenvalue weighted by Crippen LogP contribution is -2.41. The van der Waals surface area contributed by atoms with E-state index in [4.69, 9.17) is 11.6 Å². The number of carbonyl (C=O) groups excluding carboxylic acids is 1. The van der Waals surface area contributed by atoms with Crippen LogP contribution in [0.4, 0.5) is 0 Å². The number of hydrogen-bond donors (Lipinski definition) is 1. The van der Waals surface area contributed by atoms with Crippen molar-refractivity contribution in [2.24, 2.45) is 5.92 Å². The molecule has 0 unspecified atom stereocenters. The van der Waals surface area contributed by atoms with Crippen LogP contribution in [0.2, 0.25) is 5.02 Å². The summed E-state index contributed by atoms with van der Waals surface area (Å²) in [6.45, 7) is 4.99. The molecule has 30 heavy (non-hydrogen) atoms. The normalized spacial score (nSPS) is 18.6. The molecule has 1 N–H and O–H groups in total. The van der Waals surface area contributed by atoms with Gasteiger partial charge in [-0.3, -0.25) is 9.69 Å². The van der Waals surface area contributed by atoms with Crippen LogP contribution >= 0.6 is 11.6 Å². The van der Waals surface area contributed by atoms with E-state index in [2.05, 4.69) is 41.4 Å². The predicted octanol–water partition coefficient (Wildman–Crippen LogP) is 5.70. The number of aryl methyl sites for hydroxylation is 2. The third-order valence-electron chi connectivity index (χ3n) is 6.75. The molecule has 0 spiro atoms. The Hall–Kier alpha value is -1.84. The van der Waals surface area contributed by atoms with Gasteiger partial charge in [-0.1, -0.05) is 48.9 Å². The largest absolute Gasteiger partial charge is 0.349 e. The number of amides is 1. The third kappa shape index (κ3) is 5.25. The number of nitrogens with zero attached hydrogens (tertiary/aromatic N) is 1. The van der Waals surface area contributed by atoms with Crippen molar-refractivity contribution >= 4 is 17.5 Å². The first kappa shape index (κ1) is 21.4. The topological polar surface area (TPSA) is 32.3 Å². The molecule has 0 saturated carbocycles. The van der Waals surface area contributed by atoms with E-state index in [9.17, 15) is 4.79 Å². The second kappa shape index (κ2) is 9.98. The van der Waals surface area contributed by atoms with E-state index < -0.39 is 0 Å². The lowest BCUT2D eigenvalue weighted by atomic mass is 9.88. The van der Waals surface area contributed by atoms with Crippen LogP contribution in [-0.2, 0) is 24.2 Å². The minimum absolute atomic E-state index is 0.118. The molecule has 4 heteroatoms. The molecular formula is C26H33ClN2O. The summed E-state index contributed by atoms with van der Waals surface area (Å²) >= 11 is 6.11. The Bertz CT molecular complexity index is 873. The van der Waals surface area contributed by atoms with Gasteiger partial charge in [0.05, 0.1) is 6.04 Å². The van der Waals surface area contributed by atoms with Gasteiger partial charge in [-0.15, -0.1) is 0 Å². The standard InChI is InChI=1S/C26H33ClN2O/c1-2-25(23-11-10-20-7-3-4-8-22(20)17-23)28-26(30)21-12-14-29(15-13-21)18-19-6-5-9-24(27)16-19/h5-6,9-11,16-17,21,25H,2-4,7-8,12-15,18H2,1H3,(H,28,30)/t25-/m0/s1. The van der Waals surface area contributed by atoms with Gasteiger partial charge in [0, 0.05) is 17.5 Å². The maximum absolute atomic E-state index is 13.0. The number of nitrogens with one attached hydrogen (secondary N) is 1. The summed E-state index contributed by atoms with van der Waals surface area (Å²) in [5.41, 5.74) is 5.49. The van der Waals surface area contributed by atoms with Gasteiger partial charge < -0.3 is 5.32 Å². The molecule has 0 aromatic heterocycles. The number of benzene rings is 2. The Morgan fingerprint density at radius 2 is 1.87 bits per heavy atom. The Morgan fingerprint density at radius 1 is 1.10 bits per heavy atom. The number of likely N-dealkylation sites (tertiary alicyclic amines) is 1. The molecule has 1 aliphatic heterocycles. The molecule has 1 fully saturated rings. The average molecular weight is 425 g/mol. The molecule has 1 heterocycles. The van der Waals surface area contributed by atoms with Crippen molar-refractivity contribution in [3.8, 4) is 0 Å². The highest BCUT2D eigenvalue weighted by Crippen LogP contribution is 2.27. The minimum Gasteiger partial charge on any atom is -0.349 e. The summed E-state index contributed by atoms with van der Waals surface area (Å²) in [6, 6.07) is 15.0. The van der Waals surface area contributed by atoms with Crippen LogP contribution in [0.3, 0.4) is 0 Å². The maximum Gasteiger partial charge on any atom is 0.223 e. The molecule has 4 rings (SSSR count). The molecule has 0 radical (unpaired) electrons. The zero-order chi connectivity index (χ0) is 20.9. The fourth-order valence-electron chi connectivity index (χ4n) is 4.93. The number of halogens is 1. The first-order valence-corrected chi connectivity index (χ1v) is 11.9. The van der Waals surface area contributed by atoms with Crippen molar-refractivity contribution in [1.82, 2.24) is 10.2 Å². The lowest BCUT2D eigenvalue weighted by Gasteiger charge is -2.32. The molecule has 1 aliphatic carbocycles. The van der Waals surface area contributed by atoms with E-state index in [0.717, 1.165) is 43.9 Å². The van der Waals surface area contributed by atoms with E-state index in [0.29, 0.717) is 0 Å². The fraction of sp³-hybridized carbons (Fsp3) is 0.500. The summed E-state index contributed by atoms with van der Waals surface area (Å²) in [5, 5.41) is 4.14. The van der Waals surface area contributed by atoms with Gasteiger partial charge in [0.2, 0.25) is 5.91 Å². The van der Waals surface area contributed by atoms with Gasteiger partial charge >= 0.3 is 0 Å². The van der Waals surface area contributed by atoms with E-state index >= 15 is 0 Å². The second-order valence-electron chi connectivity index (χ2n) is 8.89. The Morgan fingerprint density at radius 3 is 2.60 bits per heavy atom. The number of carbonyl (C=O) groups is 1. The van der Waals surface area contributed by atoms with Crippen LogP contribution in [0.25, 0.3) is 0 Å². The van der Waals surface area contributed by atoms with Gasteiger partial charge in [-0.25, -0.2) is 0 Å². The maximum atomic E-state index is 13.0. The zero-order valence-corrected chi connectivity index (χ0v) is 18.8. The summed E-state index contributed by atoms with van der Waals surface area (Å²) in [6.07, 6.45) is 7.74. The molecule has 160 valence electrons. The van der Waals surface area contributed by atoms with Gasteiger partial charge in [0.25, 0.3) is 0 Å². The molecule has 1 amide bonds. The van der Waals surface area contributed by atoms with E-state index in [1.807, 2.05) is 18.2 Å².